The van der Waals surface area contributed by atoms with Gasteiger partial charge in [-0.25, -0.2) is 0 Å². The monoisotopic (exact) mass is 219 g/mol. The number of hydrogen-bond donors (Lipinski definition) is 1. The number of carbonyl (C=O) groups is 1. The van der Waals surface area contributed by atoms with Crippen molar-refractivity contribution in [3.8, 4) is 0 Å². The van der Waals surface area contributed by atoms with Crippen molar-refractivity contribution in [2.75, 3.05) is 0 Å². The van der Waals surface area contributed by atoms with Crippen molar-refractivity contribution in [1.82, 2.24) is 4.90 Å². The molecule has 1 aromatic carbocycles. The van der Waals surface area contributed by atoms with E-state index in [2.05, 4.69) is 24.8 Å². The van der Waals surface area contributed by atoms with Crippen LogP contribution in [0.1, 0.15) is 30.5 Å². The summed E-state index contributed by atoms with van der Waals surface area (Å²) in [5.41, 5.74) is 3.52. The van der Waals surface area contributed by atoms with Crippen LogP contribution in [-0.2, 0) is 24.3 Å². The highest BCUT2D eigenvalue weighted by Gasteiger charge is 2.21. The van der Waals surface area contributed by atoms with Gasteiger partial charge in [-0.1, -0.05) is 18.2 Å². The van der Waals surface area contributed by atoms with Crippen LogP contribution in [0.4, 0.5) is 0 Å². The predicted octanol–water partition coefficient (Wildman–Crippen LogP) is 2.04. The number of rotatable bonds is 3. The summed E-state index contributed by atoms with van der Waals surface area (Å²) in [6, 6.07) is 6.56. The smallest absolute Gasteiger partial charge is 0.307 e. The van der Waals surface area contributed by atoms with Gasteiger partial charge in [0.05, 0.1) is 6.42 Å². The Morgan fingerprint density at radius 2 is 2.06 bits per heavy atom. The van der Waals surface area contributed by atoms with E-state index in [9.17, 15) is 4.79 Å². The fourth-order valence-corrected chi connectivity index (χ4v) is 2.12. The molecular weight excluding hydrogens is 202 g/mol. The first-order chi connectivity index (χ1) is 7.56. The summed E-state index contributed by atoms with van der Waals surface area (Å²) in [6.45, 7) is 6.30. The first-order valence-electron chi connectivity index (χ1n) is 5.63. The molecule has 0 amide bonds. The maximum absolute atomic E-state index is 10.6. The average Bonchev–Trinajstić information content (AvgIpc) is 2.59. The second kappa shape index (κ2) is 4.26. The molecule has 3 heteroatoms. The van der Waals surface area contributed by atoms with E-state index in [0.29, 0.717) is 6.04 Å². The third-order valence-electron chi connectivity index (χ3n) is 3.10. The zero-order valence-electron chi connectivity index (χ0n) is 9.73. The van der Waals surface area contributed by atoms with Gasteiger partial charge in [0.25, 0.3) is 0 Å². The SMILES string of the molecule is CC(C)N1Cc2ccc(CC(=O)O)cc2C1. The van der Waals surface area contributed by atoms with Crippen LogP contribution in [0.2, 0.25) is 0 Å². The van der Waals surface area contributed by atoms with Crippen molar-refractivity contribution in [2.24, 2.45) is 0 Å². The van der Waals surface area contributed by atoms with E-state index < -0.39 is 5.97 Å². The zero-order chi connectivity index (χ0) is 11.7. The number of fused-ring (bicyclic) bond motifs is 1. The second-order valence-corrected chi connectivity index (χ2v) is 4.67. The van der Waals surface area contributed by atoms with Gasteiger partial charge in [0.1, 0.15) is 0 Å². The van der Waals surface area contributed by atoms with Crippen LogP contribution >= 0.6 is 0 Å². The Hall–Kier alpha value is -1.35. The van der Waals surface area contributed by atoms with Crippen LogP contribution in [0.15, 0.2) is 18.2 Å². The molecule has 0 spiro atoms. The quantitative estimate of drug-likeness (QED) is 0.845. The number of nitrogens with zero attached hydrogens (tertiary/aromatic N) is 1. The fraction of sp³-hybridized carbons (Fsp3) is 0.462. The van der Waals surface area contributed by atoms with E-state index >= 15 is 0 Å². The molecule has 0 atom stereocenters. The Bertz CT molecular complexity index is 412. The van der Waals surface area contributed by atoms with Crippen LogP contribution in [0.5, 0.6) is 0 Å². The summed E-state index contributed by atoms with van der Waals surface area (Å²) in [4.78, 5) is 13.0. The van der Waals surface area contributed by atoms with Gasteiger partial charge < -0.3 is 5.11 Å². The van der Waals surface area contributed by atoms with Crippen LogP contribution in [0.25, 0.3) is 0 Å². The summed E-state index contributed by atoms with van der Waals surface area (Å²) in [6.07, 6.45) is 0.120. The lowest BCUT2D eigenvalue weighted by Crippen LogP contribution is -2.24. The van der Waals surface area contributed by atoms with E-state index in [1.54, 1.807) is 0 Å². The second-order valence-electron chi connectivity index (χ2n) is 4.67. The highest BCUT2D eigenvalue weighted by atomic mass is 16.4. The minimum absolute atomic E-state index is 0.120. The van der Waals surface area contributed by atoms with Crippen molar-refractivity contribution < 1.29 is 9.90 Å². The maximum atomic E-state index is 10.6. The molecule has 0 aliphatic carbocycles. The molecule has 0 fully saturated rings. The number of carboxylic acid groups (broad SMARTS) is 1. The van der Waals surface area contributed by atoms with E-state index in [4.69, 9.17) is 5.11 Å². The molecule has 1 heterocycles. The predicted molar refractivity (Wildman–Crippen MR) is 62.2 cm³/mol. The molecule has 0 saturated carbocycles. The van der Waals surface area contributed by atoms with Crippen molar-refractivity contribution >= 4 is 5.97 Å². The Kier molecular flexibility index (Phi) is 2.97. The van der Waals surface area contributed by atoms with Crippen LogP contribution in [0.3, 0.4) is 0 Å². The number of hydrogen-bond acceptors (Lipinski definition) is 2. The average molecular weight is 219 g/mol. The molecule has 0 aromatic heterocycles. The van der Waals surface area contributed by atoms with Crippen LogP contribution in [0, 0.1) is 0 Å². The topological polar surface area (TPSA) is 40.5 Å². The highest BCUT2D eigenvalue weighted by molar-refractivity contribution is 5.70. The first kappa shape index (κ1) is 11.1. The molecule has 0 radical (unpaired) electrons. The number of carboxylic acids is 1. The largest absolute Gasteiger partial charge is 0.481 e. The van der Waals surface area contributed by atoms with E-state index in [-0.39, 0.29) is 6.42 Å². The van der Waals surface area contributed by atoms with Gasteiger partial charge in [-0.3, -0.25) is 9.69 Å². The van der Waals surface area contributed by atoms with Gasteiger partial charge in [-0.15, -0.1) is 0 Å². The maximum Gasteiger partial charge on any atom is 0.307 e. The minimum atomic E-state index is -0.765. The summed E-state index contributed by atoms with van der Waals surface area (Å²) in [7, 11) is 0. The van der Waals surface area contributed by atoms with Crippen molar-refractivity contribution in [3.63, 3.8) is 0 Å². The van der Waals surface area contributed by atoms with E-state index in [1.165, 1.54) is 11.1 Å². The van der Waals surface area contributed by atoms with Gasteiger partial charge in [0.15, 0.2) is 0 Å². The minimum Gasteiger partial charge on any atom is -0.481 e. The third kappa shape index (κ3) is 2.25. The Balaban J connectivity index is 2.17. The van der Waals surface area contributed by atoms with Gasteiger partial charge in [0.2, 0.25) is 0 Å². The molecule has 0 bridgehead atoms. The zero-order valence-corrected chi connectivity index (χ0v) is 9.73. The van der Waals surface area contributed by atoms with Crippen molar-refractivity contribution in [1.29, 1.82) is 0 Å². The third-order valence-corrected chi connectivity index (χ3v) is 3.10. The Morgan fingerprint density at radius 3 is 2.69 bits per heavy atom. The van der Waals surface area contributed by atoms with Gasteiger partial charge in [-0.2, -0.15) is 0 Å². The highest BCUT2D eigenvalue weighted by Crippen LogP contribution is 2.25. The lowest BCUT2D eigenvalue weighted by molar-refractivity contribution is -0.136. The lowest BCUT2D eigenvalue weighted by atomic mass is 10.0. The lowest BCUT2D eigenvalue weighted by Gasteiger charge is -2.18. The van der Waals surface area contributed by atoms with Gasteiger partial charge >= 0.3 is 5.97 Å². The molecule has 1 N–H and O–H groups in total. The standard InChI is InChI=1S/C13H17NO2/c1-9(2)14-7-11-4-3-10(6-13(15)16)5-12(11)8-14/h3-5,9H,6-8H2,1-2H3,(H,15,16). The molecule has 3 nitrogen and oxygen atoms in total. The van der Waals surface area contributed by atoms with Crippen molar-refractivity contribution in [3.05, 3.63) is 34.9 Å². The summed E-state index contributed by atoms with van der Waals surface area (Å²) < 4.78 is 0. The fourth-order valence-electron chi connectivity index (χ4n) is 2.12. The molecular formula is C13H17NO2. The summed E-state index contributed by atoms with van der Waals surface area (Å²) in [5, 5.41) is 8.75. The first-order valence-corrected chi connectivity index (χ1v) is 5.63. The Morgan fingerprint density at radius 1 is 1.38 bits per heavy atom. The molecule has 1 aliphatic rings. The number of benzene rings is 1. The summed E-state index contributed by atoms with van der Waals surface area (Å²) in [5.74, 6) is -0.765. The molecule has 86 valence electrons. The number of aliphatic carboxylic acids is 1. The molecule has 0 saturated heterocycles. The van der Waals surface area contributed by atoms with Gasteiger partial charge in [0, 0.05) is 19.1 Å². The molecule has 1 aromatic rings. The molecule has 1 aliphatic heterocycles. The normalized spacial score (nSPS) is 15.4. The van der Waals surface area contributed by atoms with E-state index in [1.807, 2.05) is 12.1 Å². The van der Waals surface area contributed by atoms with Crippen LogP contribution < -0.4 is 0 Å². The molecule has 16 heavy (non-hydrogen) atoms. The Labute approximate surface area is 95.7 Å². The van der Waals surface area contributed by atoms with Gasteiger partial charge in [-0.05, 0) is 30.5 Å². The summed E-state index contributed by atoms with van der Waals surface area (Å²) >= 11 is 0. The van der Waals surface area contributed by atoms with E-state index in [0.717, 1.165) is 18.7 Å². The van der Waals surface area contributed by atoms with Crippen molar-refractivity contribution in [2.45, 2.75) is 39.4 Å². The molecule has 0 unspecified atom stereocenters. The molecule has 2 rings (SSSR count). The van der Waals surface area contributed by atoms with Crippen LogP contribution in [-0.4, -0.2) is 22.0 Å².